The van der Waals surface area contributed by atoms with Crippen LogP contribution in [0.1, 0.15) is 22.3 Å². The average Bonchev–Trinajstić information content (AvgIpc) is 2.87. The largest absolute Gasteiger partial charge is 0.495 e. The van der Waals surface area contributed by atoms with Gasteiger partial charge in [-0.3, -0.25) is 4.79 Å². The number of methoxy groups -OCH3 is 2. The predicted octanol–water partition coefficient (Wildman–Crippen LogP) is 4.15. The summed E-state index contributed by atoms with van der Waals surface area (Å²) in [4.78, 5) is 11.7. The SMILES string of the molecule is COc1ccc(-c2ccc3c(c2)CCC3=O)c(OC)c1Cl. The van der Waals surface area contributed by atoms with Crippen LogP contribution in [0, 0.1) is 0 Å². The van der Waals surface area contributed by atoms with Crippen molar-refractivity contribution in [1.82, 2.24) is 0 Å². The molecule has 1 aliphatic rings. The zero-order chi connectivity index (χ0) is 15.0. The van der Waals surface area contributed by atoms with Gasteiger partial charge in [-0.05, 0) is 29.7 Å². The van der Waals surface area contributed by atoms with Gasteiger partial charge in [-0.25, -0.2) is 0 Å². The fourth-order valence-electron chi connectivity index (χ4n) is 2.75. The highest BCUT2D eigenvalue weighted by molar-refractivity contribution is 6.34. The van der Waals surface area contributed by atoms with E-state index in [9.17, 15) is 4.79 Å². The van der Waals surface area contributed by atoms with E-state index in [2.05, 4.69) is 0 Å². The van der Waals surface area contributed by atoms with Crippen LogP contribution in [0.4, 0.5) is 0 Å². The number of hydrogen-bond donors (Lipinski definition) is 0. The molecule has 0 spiro atoms. The summed E-state index contributed by atoms with van der Waals surface area (Å²) in [7, 11) is 3.16. The van der Waals surface area contributed by atoms with Crippen molar-refractivity contribution in [2.75, 3.05) is 14.2 Å². The van der Waals surface area contributed by atoms with Gasteiger partial charge in [0.15, 0.2) is 5.78 Å². The number of aryl methyl sites for hydroxylation is 1. The Balaban J connectivity index is 2.13. The summed E-state index contributed by atoms with van der Waals surface area (Å²) in [5.74, 6) is 1.38. The van der Waals surface area contributed by atoms with Gasteiger partial charge in [0.1, 0.15) is 16.5 Å². The van der Waals surface area contributed by atoms with Crippen LogP contribution < -0.4 is 9.47 Å². The molecule has 0 aromatic heterocycles. The Kier molecular flexibility index (Phi) is 3.60. The second-order valence-corrected chi connectivity index (χ2v) is 5.34. The van der Waals surface area contributed by atoms with Gasteiger partial charge in [-0.15, -0.1) is 0 Å². The molecule has 1 aliphatic carbocycles. The van der Waals surface area contributed by atoms with Gasteiger partial charge in [0, 0.05) is 17.5 Å². The fraction of sp³-hybridized carbons (Fsp3) is 0.235. The molecule has 4 heteroatoms. The number of Topliss-reactive ketones (excluding diaryl/α,β-unsaturated/α-hetero) is 1. The molecule has 0 N–H and O–H groups in total. The number of fused-ring (bicyclic) bond motifs is 1. The normalized spacial score (nSPS) is 13.2. The molecule has 3 nitrogen and oxygen atoms in total. The maximum atomic E-state index is 11.7. The summed E-state index contributed by atoms with van der Waals surface area (Å²) in [6.07, 6.45) is 1.40. The Bertz CT molecular complexity index is 722. The van der Waals surface area contributed by atoms with Crippen LogP contribution in [0.25, 0.3) is 11.1 Å². The van der Waals surface area contributed by atoms with E-state index >= 15 is 0 Å². The smallest absolute Gasteiger partial charge is 0.163 e. The first kappa shape index (κ1) is 14.0. The average molecular weight is 303 g/mol. The third-order valence-electron chi connectivity index (χ3n) is 3.82. The lowest BCUT2D eigenvalue weighted by Crippen LogP contribution is -1.94. The highest BCUT2D eigenvalue weighted by Crippen LogP contribution is 2.42. The van der Waals surface area contributed by atoms with Gasteiger partial charge in [0.05, 0.1) is 14.2 Å². The molecule has 0 heterocycles. The Labute approximate surface area is 128 Å². The quantitative estimate of drug-likeness (QED) is 0.854. The van der Waals surface area contributed by atoms with Gasteiger partial charge >= 0.3 is 0 Å². The van der Waals surface area contributed by atoms with Crippen molar-refractivity contribution in [1.29, 1.82) is 0 Å². The van der Waals surface area contributed by atoms with Crippen molar-refractivity contribution in [3.05, 3.63) is 46.5 Å². The molecule has 108 valence electrons. The molecule has 0 fully saturated rings. The van der Waals surface area contributed by atoms with Crippen molar-refractivity contribution in [2.45, 2.75) is 12.8 Å². The predicted molar refractivity (Wildman–Crippen MR) is 82.6 cm³/mol. The Hall–Kier alpha value is -2.00. The molecule has 0 saturated heterocycles. The Morgan fingerprint density at radius 3 is 2.48 bits per heavy atom. The first-order chi connectivity index (χ1) is 10.2. The minimum atomic E-state index is 0.219. The van der Waals surface area contributed by atoms with Crippen LogP contribution in [-0.2, 0) is 6.42 Å². The molecular weight excluding hydrogens is 288 g/mol. The lowest BCUT2D eigenvalue weighted by molar-refractivity contribution is 0.0994. The number of ketones is 1. The van der Waals surface area contributed by atoms with Gasteiger partial charge < -0.3 is 9.47 Å². The molecule has 0 saturated carbocycles. The fourth-order valence-corrected chi connectivity index (χ4v) is 3.06. The van der Waals surface area contributed by atoms with Crippen LogP contribution >= 0.6 is 11.6 Å². The number of ether oxygens (including phenoxy) is 2. The highest BCUT2D eigenvalue weighted by Gasteiger charge is 2.21. The van der Waals surface area contributed by atoms with Crippen LogP contribution in [0.5, 0.6) is 11.5 Å². The molecule has 0 bridgehead atoms. The van der Waals surface area contributed by atoms with E-state index in [1.165, 1.54) is 0 Å². The van der Waals surface area contributed by atoms with Crippen molar-refractivity contribution in [3.8, 4) is 22.6 Å². The van der Waals surface area contributed by atoms with Gasteiger partial charge in [-0.1, -0.05) is 29.8 Å². The van der Waals surface area contributed by atoms with Crippen LogP contribution in [0.15, 0.2) is 30.3 Å². The summed E-state index contributed by atoms with van der Waals surface area (Å²) in [5, 5.41) is 0.453. The lowest BCUT2D eigenvalue weighted by Gasteiger charge is -2.14. The monoisotopic (exact) mass is 302 g/mol. The molecule has 2 aromatic carbocycles. The van der Waals surface area contributed by atoms with Crippen molar-refractivity contribution < 1.29 is 14.3 Å². The van der Waals surface area contributed by atoms with Crippen molar-refractivity contribution >= 4 is 17.4 Å². The zero-order valence-corrected chi connectivity index (χ0v) is 12.7. The molecular formula is C17H15ClO3. The Morgan fingerprint density at radius 2 is 1.76 bits per heavy atom. The number of hydrogen-bond acceptors (Lipinski definition) is 3. The maximum Gasteiger partial charge on any atom is 0.163 e. The molecule has 0 unspecified atom stereocenters. The summed E-state index contributed by atoms with van der Waals surface area (Å²) < 4.78 is 10.6. The molecule has 21 heavy (non-hydrogen) atoms. The summed E-state index contributed by atoms with van der Waals surface area (Å²) >= 11 is 6.30. The van der Waals surface area contributed by atoms with Crippen molar-refractivity contribution in [2.24, 2.45) is 0 Å². The molecule has 3 rings (SSSR count). The van der Waals surface area contributed by atoms with E-state index in [-0.39, 0.29) is 5.78 Å². The van der Waals surface area contributed by atoms with Crippen LogP contribution in [0.2, 0.25) is 5.02 Å². The molecule has 0 radical (unpaired) electrons. The standard InChI is InChI=1S/C17H15ClO3/c1-20-15-8-6-13(17(21-2)16(15)18)11-3-5-12-10(9-11)4-7-14(12)19/h3,5-6,8-9H,4,7H2,1-2H3. The molecule has 0 amide bonds. The Morgan fingerprint density at radius 1 is 1.00 bits per heavy atom. The second kappa shape index (κ2) is 5.41. The van der Waals surface area contributed by atoms with E-state index in [0.29, 0.717) is 22.9 Å². The van der Waals surface area contributed by atoms with E-state index < -0.39 is 0 Å². The highest BCUT2D eigenvalue weighted by atomic mass is 35.5. The first-order valence-corrected chi connectivity index (χ1v) is 7.10. The number of benzene rings is 2. The van der Waals surface area contributed by atoms with E-state index in [0.717, 1.165) is 28.7 Å². The topological polar surface area (TPSA) is 35.5 Å². The number of carbonyl (C=O) groups is 1. The maximum absolute atomic E-state index is 11.7. The van der Waals surface area contributed by atoms with E-state index in [1.807, 2.05) is 30.3 Å². The van der Waals surface area contributed by atoms with E-state index in [1.54, 1.807) is 14.2 Å². The minimum absolute atomic E-state index is 0.219. The molecule has 2 aromatic rings. The minimum Gasteiger partial charge on any atom is -0.495 e. The lowest BCUT2D eigenvalue weighted by atomic mass is 9.99. The summed E-state index contributed by atoms with van der Waals surface area (Å²) in [6, 6.07) is 9.60. The van der Waals surface area contributed by atoms with E-state index in [4.69, 9.17) is 21.1 Å². The third kappa shape index (κ3) is 2.28. The summed E-state index contributed by atoms with van der Waals surface area (Å²) in [5.41, 5.74) is 3.80. The van der Waals surface area contributed by atoms with Crippen LogP contribution in [0.3, 0.4) is 0 Å². The third-order valence-corrected chi connectivity index (χ3v) is 4.18. The first-order valence-electron chi connectivity index (χ1n) is 6.72. The molecule has 0 aliphatic heterocycles. The molecule has 0 atom stereocenters. The van der Waals surface area contributed by atoms with Gasteiger partial charge in [0.25, 0.3) is 0 Å². The number of halogens is 1. The zero-order valence-electron chi connectivity index (χ0n) is 11.9. The summed E-state index contributed by atoms with van der Waals surface area (Å²) in [6.45, 7) is 0. The second-order valence-electron chi connectivity index (χ2n) is 4.96. The van der Waals surface area contributed by atoms with Gasteiger partial charge in [-0.2, -0.15) is 0 Å². The van der Waals surface area contributed by atoms with Crippen molar-refractivity contribution in [3.63, 3.8) is 0 Å². The van der Waals surface area contributed by atoms with Crippen LogP contribution in [-0.4, -0.2) is 20.0 Å². The number of carbonyl (C=O) groups excluding carboxylic acids is 1. The van der Waals surface area contributed by atoms with Gasteiger partial charge in [0.2, 0.25) is 0 Å². The number of rotatable bonds is 3.